The number of benzene rings is 1. The number of nitrogens with zero attached hydrogens (tertiary/aromatic N) is 1. The van der Waals surface area contributed by atoms with Crippen molar-refractivity contribution >= 4 is 41.2 Å². The number of carbonyl (C=O) groups is 2. The fraction of sp³-hybridized carbons (Fsp3) is 0.333. The van der Waals surface area contributed by atoms with E-state index in [-0.39, 0.29) is 6.03 Å². The number of aliphatic carboxylic acids is 1. The maximum Gasteiger partial charge on any atom is 0.327 e. The van der Waals surface area contributed by atoms with Crippen LogP contribution < -0.4 is 5.32 Å². The number of thioether (sulfide) groups is 2. The van der Waals surface area contributed by atoms with E-state index in [4.69, 9.17) is 5.11 Å². The van der Waals surface area contributed by atoms with Crippen molar-refractivity contribution in [2.45, 2.75) is 10.9 Å². The van der Waals surface area contributed by atoms with Gasteiger partial charge in [-0.3, -0.25) is 0 Å². The molecule has 2 amide bonds. The van der Waals surface area contributed by atoms with Gasteiger partial charge in [0, 0.05) is 16.3 Å². The molecule has 1 aliphatic rings. The molecule has 1 aliphatic heterocycles. The number of carboxylic acids is 1. The summed E-state index contributed by atoms with van der Waals surface area (Å²) >= 11 is 3.07. The maximum absolute atomic E-state index is 12.0. The summed E-state index contributed by atoms with van der Waals surface area (Å²) in [5, 5.41) is 11.8. The molecule has 7 heteroatoms. The number of carboxylic acid groups (broad SMARTS) is 1. The van der Waals surface area contributed by atoms with Crippen LogP contribution >= 0.6 is 23.5 Å². The van der Waals surface area contributed by atoms with E-state index < -0.39 is 12.0 Å². The molecule has 0 saturated carbocycles. The molecule has 1 heterocycles. The van der Waals surface area contributed by atoms with Gasteiger partial charge in [-0.25, -0.2) is 9.59 Å². The lowest BCUT2D eigenvalue weighted by atomic mass is 10.3. The summed E-state index contributed by atoms with van der Waals surface area (Å²) in [6.07, 6.45) is 1.98. The second-order valence-electron chi connectivity index (χ2n) is 3.98. The first-order valence-electron chi connectivity index (χ1n) is 5.64. The van der Waals surface area contributed by atoms with Crippen LogP contribution in [-0.2, 0) is 4.79 Å². The van der Waals surface area contributed by atoms with E-state index in [0.29, 0.717) is 17.3 Å². The van der Waals surface area contributed by atoms with Gasteiger partial charge in [0.1, 0.15) is 6.04 Å². The van der Waals surface area contributed by atoms with E-state index in [2.05, 4.69) is 5.32 Å². The van der Waals surface area contributed by atoms with Crippen molar-refractivity contribution < 1.29 is 14.7 Å². The smallest absolute Gasteiger partial charge is 0.327 e. The monoisotopic (exact) mass is 298 g/mol. The zero-order valence-electron chi connectivity index (χ0n) is 10.3. The van der Waals surface area contributed by atoms with Gasteiger partial charge in [0.15, 0.2) is 0 Å². The Hall–Kier alpha value is -1.34. The van der Waals surface area contributed by atoms with E-state index in [1.807, 2.05) is 30.5 Å². The van der Waals surface area contributed by atoms with Crippen LogP contribution in [0.5, 0.6) is 0 Å². The summed E-state index contributed by atoms with van der Waals surface area (Å²) in [7, 11) is 0. The largest absolute Gasteiger partial charge is 0.480 e. The fourth-order valence-corrected chi connectivity index (χ4v) is 3.27. The highest BCUT2D eigenvalue weighted by Gasteiger charge is 2.34. The van der Waals surface area contributed by atoms with Gasteiger partial charge in [0.2, 0.25) is 0 Å². The van der Waals surface area contributed by atoms with Crippen LogP contribution in [0.2, 0.25) is 0 Å². The van der Waals surface area contributed by atoms with Gasteiger partial charge in [0.05, 0.1) is 5.88 Å². The molecule has 1 unspecified atom stereocenters. The van der Waals surface area contributed by atoms with Gasteiger partial charge in [0.25, 0.3) is 0 Å². The van der Waals surface area contributed by atoms with Gasteiger partial charge in [-0.1, -0.05) is 0 Å². The van der Waals surface area contributed by atoms with Gasteiger partial charge < -0.3 is 15.3 Å². The third-order valence-corrected chi connectivity index (χ3v) is 4.53. The Morgan fingerprint density at radius 2 is 2.11 bits per heavy atom. The SMILES string of the molecule is CSc1ccc(NC(=O)N2CSCC2C(=O)O)cc1. The van der Waals surface area contributed by atoms with E-state index >= 15 is 0 Å². The van der Waals surface area contributed by atoms with Crippen molar-refractivity contribution in [2.75, 3.05) is 23.2 Å². The molecule has 1 fully saturated rings. The van der Waals surface area contributed by atoms with Crippen molar-refractivity contribution in [3.8, 4) is 0 Å². The van der Waals surface area contributed by atoms with E-state index in [1.165, 1.54) is 16.7 Å². The van der Waals surface area contributed by atoms with Crippen LogP contribution in [0.25, 0.3) is 0 Å². The van der Waals surface area contributed by atoms with E-state index in [0.717, 1.165) is 4.90 Å². The Labute approximate surface area is 119 Å². The first-order valence-corrected chi connectivity index (χ1v) is 8.02. The Morgan fingerprint density at radius 1 is 1.42 bits per heavy atom. The molecule has 1 aromatic carbocycles. The summed E-state index contributed by atoms with van der Waals surface area (Å²) < 4.78 is 0. The summed E-state index contributed by atoms with van der Waals surface area (Å²) in [6.45, 7) is 0. The van der Waals surface area contributed by atoms with Crippen molar-refractivity contribution in [3.63, 3.8) is 0 Å². The molecule has 0 spiro atoms. The first-order chi connectivity index (χ1) is 9.11. The van der Waals surface area contributed by atoms with Gasteiger partial charge in [-0.2, -0.15) is 0 Å². The molecule has 1 aromatic rings. The number of anilines is 1. The summed E-state index contributed by atoms with van der Waals surface area (Å²) in [5.41, 5.74) is 0.670. The topological polar surface area (TPSA) is 69.6 Å². The van der Waals surface area contributed by atoms with Gasteiger partial charge in [-0.15, -0.1) is 23.5 Å². The molecular formula is C12H14N2O3S2. The standard InChI is InChI=1S/C12H14N2O3S2/c1-18-9-4-2-8(3-5-9)13-12(17)14-7-19-6-10(14)11(15)16/h2-5,10H,6-7H2,1H3,(H,13,17)(H,15,16). The van der Waals surface area contributed by atoms with Crippen LogP contribution in [0.3, 0.4) is 0 Å². The number of hydrogen-bond donors (Lipinski definition) is 2. The molecule has 19 heavy (non-hydrogen) atoms. The summed E-state index contributed by atoms with van der Waals surface area (Å²) in [6, 6.07) is 6.33. The molecular weight excluding hydrogens is 284 g/mol. The Bertz CT molecular complexity index is 478. The molecule has 1 atom stereocenters. The summed E-state index contributed by atoms with van der Waals surface area (Å²) in [5.74, 6) is -0.113. The minimum absolute atomic E-state index is 0.366. The Balaban J connectivity index is 2.01. The predicted molar refractivity (Wildman–Crippen MR) is 77.8 cm³/mol. The number of rotatable bonds is 3. The van der Waals surface area contributed by atoms with Crippen molar-refractivity contribution in [3.05, 3.63) is 24.3 Å². The van der Waals surface area contributed by atoms with Crippen LogP contribution in [0.4, 0.5) is 10.5 Å². The Kier molecular flexibility index (Phi) is 4.60. The molecule has 2 N–H and O–H groups in total. The average molecular weight is 298 g/mol. The van der Waals surface area contributed by atoms with Crippen LogP contribution in [-0.4, -0.2) is 45.9 Å². The normalized spacial score (nSPS) is 18.4. The van der Waals surface area contributed by atoms with Gasteiger partial charge >= 0.3 is 12.0 Å². The number of carbonyl (C=O) groups excluding carboxylic acids is 1. The Morgan fingerprint density at radius 3 is 2.68 bits per heavy atom. The second kappa shape index (κ2) is 6.21. The first kappa shape index (κ1) is 14.1. The fourth-order valence-electron chi connectivity index (χ4n) is 1.72. The minimum Gasteiger partial charge on any atom is -0.480 e. The third kappa shape index (κ3) is 3.36. The highest BCUT2D eigenvalue weighted by molar-refractivity contribution is 7.99. The second-order valence-corrected chi connectivity index (χ2v) is 5.86. The van der Waals surface area contributed by atoms with Gasteiger partial charge in [-0.05, 0) is 30.5 Å². The van der Waals surface area contributed by atoms with Crippen molar-refractivity contribution in [1.82, 2.24) is 4.90 Å². The lowest BCUT2D eigenvalue weighted by molar-refractivity contribution is -0.140. The lowest BCUT2D eigenvalue weighted by Gasteiger charge is -2.20. The zero-order chi connectivity index (χ0) is 13.8. The molecule has 0 bridgehead atoms. The van der Waals surface area contributed by atoms with Crippen LogP contribution in [0.15, 0.2) is 29.2 Å². The van der Waals surface area contributed by atoms with E-state index in [9.17, 15) is 9.59 Å². The average Bonchev–Trinajstić information content (AvgIpc) is 2.89. The quantitative estimate of drug-likeness (QED) is 0.839. The maximum atomic E-state index is 12.0. The van der Waals surface area contributed by atoms with Crippen LogP contribution in [0, 0.1) is 0 Å². The van der Waals surface area contributed by atoms with Crippen LogP contribution in [0.1, 0.15) is 0 Å². The zero-order valence-corrected chi connectivity index (χ0v) is 12.0. The predicted octanol–water partition coefficient (Wildman–Crippen LogP) is 2.40. The van der Waals surface area contributed by atoms with E-state index in [1.54, 1.807) is 11.8 Å². The van der Waals surface area contributed by atoms with Crippen molar-refractivity contribution in [2.24, 2.45) is 0 Å². The number of nitrogens with one attached hydrogen (secondary N) is 1. The van der Waals surface area contributed by atoms with Crippen molar-refractivity contribution in [1.29, 1.82) is 0 Å². The molecule has 0 radical (unpaired) electrons. The molecule has 102 valence electrons. The third-order valence-electron chi connectivity index (χ3n) is 2.77. The highest BCUT2D eigenvalue weighted by atomic mass is 32.2. The molecule has 1 saturated heterocycles. The molecule has 2 rings (SSSR count). The highest BCUT2D eigenvalue weighted by Crippen LogP contribution is 2.23. The number of hydrogen-bond acceptors (Lipinski definition) is 4. The molecule has 0 aliphatic carbocycles. The number of amides is 2. The lowest BCUT2D eigenvalue weighted by Crippen LogP contribution is -2.43. The molecule has 0 aromatic heterocycles. The minimum atomic E-state index is -0.960. The number of urea groups is 1. The summed E-state index contributed by atoms with van der Waals surface area (Å²) in [4.78, 5) is 25.5. The molecule has 5 nitrogen and oxygen atoms in total.